The number of hydrogen-bond donors (Lipinski definition) is 0. The van der Waals surface area contributed by atoms with Crippen LogP contribution in [0.25, 0.3) is 0 Å². The molecule has 0 saturated carbocycles. The normalized spacial score (nSPS) is 16.4. The Morgan fingerprint density at radius 3 is 2.38 bits per heavy atom. The smallest absolute Gasteiger partial charge is 0.346 e. The van der Waals surface area contributed by atoms with Crippen molar-refractivity contribution in [2.75, 3.05) is 12.0 Å². The summed E-state index contributed by atoms with van der Waals surface area (Å²) in [4.78, 5) is 38.0. The highest BCUT2D eigenvalue weighted by Crippen LogP contribution is 2.37. The molecule has 0 N–H and O–H groups in total. The molecule has 1 atom stereocenters. The first kappa shape index (κ1) is 23.8. The molecule has 9 heteroatoms. The van der Waals surface area contributed by atoms with E-state index in [4.69, 9.17) is 21.1 Å². The molecule has 4 rings (SSSR count). The van der Waals surface area contributed by atoms with E-state index in [0.717, 1.165) is 23.8 Å². The second-order valence-electron chi connectivity index (χ2n) is 8.05. The van der Waals surface area contributed by atoms with E-state index in [1.165, 1.54) is 19.2 Å². The fraction of sp³-hybridized carbons (Fsp3) is 0.320. The van der Waals surface area contributed by atoms with Crippen LogP contribution in [-0.4, -0.2) is 31.0 Å². The highest BCUT2D eigenvalue weighted by atomic mass is 35.5. The van der Waals surface area contributed by atoms with Gasteiger partial charge in [-0.1, -0.05) is 17.7 Å². The minimum Gasteiger partial charge on any atom is -0.489 e. The van der Waals surface area contributed by atoms with Crippen LogP contribution < -0.4 is 14.4 Å². The van der Waals surface area contributed by atoms with Crippen LogP contribution >= 0.6 is 11.6 Å². The lowest BCUT2D eigenvalue weighted by Gasteiger charge is -2.18. The molecule has 0 aromatic heterocycles. The zero-order valence-corrected chi connectivity index (χ0v) is 19.5. The first-order valence-electron chi connectivity index (χ1n) is 10.9. The average molecular weight is 488 g/mol. The minimum atomic E-state index is -0.867. The molecule has 7 nitrogen and oxygen atoms in total. The molecule has 1 aliphatic heterocycles. The molecule has 0 spiro atoms. The number of halogens is 2. The van der Waals surface area contributed by atoms with Gasteiger partial charge in [0.05, 0.1) is 12.8 Å². The van der Waals surface area contributed by atoms with Gasteiger partial charge in [-0.3, -0.25) is 9.59 Å². The van der Waals surface area contributed by atoms with Crippen LogP contribution in [0.5, 0.6) is 11.5 Å². The van der Waals surface area contributed by atoms with Gasteiger partial charge in [0.15, 0.2) is 11.9 Å². The van der Waals surface area contributed by atoms with Gasteiger partial charge < -0.3 is 14.2 Å². The minimum absolute atomic E-state index is 0.00336. The van der Waals surface area contributed by atoms with E-state index in [1.807, 2.05) is 0 Å². The van der Waals surface area contributed by atoms with Crippen LogP contribution in [0.15, 0.2) is 47.5 Å². The fourth-order valence-corrected chi connectivity index (χ4v) is 4.20. The molecule has 0 fully saturated rings. The molecule has 178 valence electrons. The third-order valence-corrected chi connectivity index (χ3v) is 6.05. The summed E-state index contributed by atoms with van der Waals surface area (Å²) in [6.45, 7) is 1.54. The molecule has 0 bridgehead atoms. The third-order valence-electron chi connectivity index (χ3n) is 5.81. The Kier molecular flexibility index (Phi) is 6.88. The summed E-state index contributed by atoms with van der Waals surface area (Å²) in [6, 6.07) is 8.83. The number of rotatable bonds is 7. The Labute approximate surface area is 201 Å². The average Bonchev–Trinajstić information content (AvgIpc) is 3.08. The summed E-state index contributed by atoms with van der Waals surface area (Å²) in [5.41, 5.74) is 1.46. The van der Waals surface area contributed by atoms with Crippen LogP contribution in [0.1, 0.15) is 38.2 Å². The molecular weight excluding hydrogens is 465 g/mol. The predicted molar refractivity (Wildman–Crippen MR) is 122 cm³/mol. The zero-order valence-electron chi connectivity index (χ0n) is 18.7. The molecule has 0 saturated heterocycles. The molecule has 1 unspecified atom stereocenters. The number of hydrogen-bond acceptors (Lipinski definition) is 6. The molecule has 2 amide bonds. The van der Waals surface area contributed by atoms with Crippen LogP contribution in [0, 0.1) is 5.82 Å². The first-order valence-corrected chi connectivity index (χ1v) is 11.2. The summed E-state index contributed by atoms with van der Waals surface area (Å²) in [5, 5.41) is 0.405. The Balaban J connectivity index is 1.49. The number of ether oxygens (including phenoxy) is 3. The summed E-state index contributed by atoms with van der Waals surface area (Å²) in [6.07, 6.45) is 1.90. The van der Waals surface area contributed by atoms with Gasteiger partial charge in [-0.2, -0.15) is 0 Å². The monoisotopic (exact) mass is 487 g/mol. The van der Waals surface area contributed by atoms with Crippen LogP contribution in [0.4, 0.5) is 10.1 Å². The zero-order chi connectivity index (χ0) is 24.4. The van der Waals surface area contributed by atoms with Gasteiger partial charge in [0.25, 0.3) is 11.8 Å². The molecule has 34 heavy (non-hydrogen) atoms. The van der Waals surface area contributed by atoms with Crippen molar-refractivity contribution in [2.24, 2.45) is 0 Å². The maximum atomic E-state index is 14.9. The van der Waals surface area contributed by atoms with Crippen molar-refractivity contribution in [1.82, 2.24) is 0 Å². The topological polar surface area (TPSA) is 82.1 Å². The van der Waals surface area contributed by atoms with Gasteiger partial charge in [0.1, 0.15) is 18.1 Å². The summed E-state index contributed by atoms with van der Waals surface area (Å²) in [5.74, 6) is -1.67. The molecular formula is C25H23ClFNO6. The Morgan fingerprint density at radius 1 is 1.09 bits per heavy atom. The standard InChI is InChI=1S/C25H23ClFNO6/c1-14(25(31)32-2)34-22-11-16(26)8-7-15(22)13-33-17-9-10-21(20(27)12-17)28-23(29)18-5-3-4-6-19(18)24(28)30/h7-12,14H,3-6,13H2,1-2H3. The molecule has 1 heterocycles. The molecule has 2 aromatic rings. The van der Waals surface area contributed by atoms with E-state index in [9.17, 15) is 18.8 Å². The number of esters is 1. The van der Waals surface area contributed by atoms with Crippen molar-refractivity contribution < 1.29 is 33.0 Å². The highest BCUT2D eigenvalue weighted by Gasteiger charge is 2.40. The largest absolute Gasteiger partial charge is 0.489 e. The third kappa shape index (κ3) is 4.63. The van der Waals surface area contributed by atoms with E-state index in [0.29, 0.717) is 40.3 Å². The quantitative estimate of drug-likeness (QED) is 0.414. The summed E-state index contributed by atoms with van der Waals surface area (Å²) < 4.78 is 31.0. The molecule has 2 aromatic carbocycles. The van der Waals surface area contributed by atoms with Crippen molar-refractivity contribution in [1.29, 1.82) is 0 Å². The molecule has 1 aliphatic carbocycles. The van der Waals surface area contributed by atoms with E-state index in [1.54, 1.807) is 25.1 Å². The number of methoxy groups -OCH3 is 1. The number of nitrogens with zero attached hydrogens (tertiary/aromatic N) is 1. The van der Waals surface area contributed by atoms with Gasteiger partial charge in [-0.25, -0.2) is 14.1 Å². The van der Waals surface area contributed by atoms with Gasteiger partial charge >= 0.3 is 5.97 Å². The van der Waals surface area contributed by atoms with Crippen molar-refractivity contribution in [3.63, 3.8) is 0 Å². The van der Waals surface area contributed by atoms with E-state index < -0.39 is 29.7 Å². The lowest BCUT2D eigenvalue weighted by atomic mass is 9.93. The van der Waals surface area contributed by atoms with Gasteiger partial charge in [0, 0.05) is 27.8 Å². The van der Waals surface area contributed by atoms with E-state index >= 15 is 0 Å². The van der Waals surface area contributed by atoms with Gasteiger partial charge in [-0.15, -0.1) is 0 Å². The Morgan fingerprint density at radius 2 is 1.76 bits per heavy atom. The fourth-order valence-electron chi connectivity index (χ4n) is 4.04. The second kappa shape index (κ2) is 9.85. The van der Waals surface area contributed by atoms with Crippen molar-refractivity contribution in [3.05, 3.63) is 63.9 Å². The number of amides is 2. The van der Waals surface area contributed by atoms with Gasteiger partial charge in [-0.05, 0) is 56.9 Å². The number of benzene rings is 2. The number of carbonyl (C=O) groups excluding carboxylic acids is 3. The first-order chi connectivity index (χ1) is 16.3. The van der Waals surface area contributed by atoms with Crippen molar-refractivity contribution in [2.45, 2.75) is 45.3 Å². The SMILES string of the molecule is COC(=O)C(C)Oc1cc(Cl)ccc1COc1ccc(N2C(=O)C3=C(CCCC3)C2=O)c(F)c1. The summed E-state index contributed by atoms with van der Waals surface area (Å²) >= 11 is 6.05. The maximum Gasteiger partial charge on any atom is 0.346 e. The Hall–Kier alpha value is -3.39. The number of carbonyl (C=O) groups is 3. The maximum absolute atomic E-state index is 14.9. The Bertz CT molecular complexity index is 1170. The van der Waals surface area contributed by atoms with Crippen molar-refractivity contribution in [3.8, 4) is 11.5 Å². The van der Waals surface area contributed by atoms with Crippen LogP contribution in [0.3, 0.4) is 0 Å². The van der Waals surface area contributed by atoms with Crippen LogP contribution in [-0.2, 0) is 25.7 Å². The lowest BCUT2D eigenvalue weighted by molar-refractivity contribution is -0.148. The lowest BCUT2D eigenvalue weighted by Crippen LogP contribution is -2.32. The van der Waals surface area contributed by atoms with E-state index in [-0.39, 0.29) is 18.0 Å². The second-order valence-corrected chi connectivity index (χ2v) is 8.48. The predicted octanol–water partition coefficient (Wildman–Crippen LogP) is 4.74. The van der Waals surface area contributed by atoms with Crippen molar-refractivity contribution >= 4 is 35.1 Å². The number of anilines is 1. The van der Waals surface area contributed by atoms with E-state index in [2.05, 4.69) is 4.74 Å². The van der Waals surface area contributed by atoms with Crippen LogP contribution in [0.2, 0.25) is 5.02 Å². The molecule has 0 radical (unpaired) electrons. The highest BCUT2D eigenvalue weighted by molar-refractivity contribution is 6.33. The number of imide groups is 1. The molecule has 2 aliphatic rings. The van der Waals surface area contributed by atoms with Gasteiger partial charge in [0.2, 0.25) is 0 Å². The summed E-state index contributed by atoms with van der Waals surface area (Å²) in [7, 11) is 1.26.